The minimum Gasteiger partial charge on any atom is -0.421 e. The summed E-state index contributed by atoms with van der Waals surface area (Å²) < 4.78 is 109. The van der Waals surface area contributed by atoms with E-state index in [-0.39, 0.29) is 0 Å². The molecule has 0 N–H and O–H groups in total. The van der Waals surface area contributed by atoms with Crippen LogP contribution in [0.4, 0.5) is 26.3 Å². The number of nitrogens with zero attached hydrogens (tertiary/aromatic N) is 1. The second-order valence-corrected chi connectivity index (χ2v) is 16.2. The molecule has 0 aromatic heterocycles. The maximum atomic E-state index is 11.4. The third-order valence-electron chi connectivity index (χ3n) is 5.14. The van der Waals surface area contributed by atoms with E-state index >= 15 is 0 Å². The Kier molecular flexibility index (Phi) is 11.4. The van der Waals surface area contributed by atoms with Crippen LogP contribution in [-0.2, 0) is 20.0 Å². The van der Waals surface area contributed by atoms with Crippen LogP contribution in [0.5, 0.6) is 0 Å². The van der Waals surface area contributed by atoms with E-state index in [0.29, 0.717) is 0 Å². The van der Waals surface area contributed by atoms with Crippen molar-refractivity contribution in [1.29, 1.82) is 0 Å². The Balaban J connectivity index is 0.000000323. The molecule has 0 aliphatic rings. The predicted octanol–water partition coefficient (Wildman–Crippen LogP) is 7.41. The Morgan fingerprint density at radius 2 is 0.850 bits per heavy atom. The molecule has 0 aliphatic carbocycles. The van der Waals surface area contributed by atoms with E-state index in [0.717, 1.165) is 31.8 Å². The molecule has 0 atom stereocenters. The summed E-state index contributed by atoms with van der Waals surface area (Å²) in [6.45, 7) is 2.23. The molecule has 220 valence electrons. The maximum absolute atomic E-state index is 11.4. The van der Waals surface area contributed by atoms with Crippen LogP contribution in [0.15, 0.2) is 72.8 Å². The van der Waals surface area contributed by atoms with Gasteiger partial charge in [-0.1, -0.05) is 41.7 Å². The maximum Gasteiger partial charge on any atom is 0.480 e. The number of halogens is 9. The van der Waals surface area contributed by atoms with Crippen molar-refractivity contribution in [3.05, 3.63) is 92.0 Å². The molecule has 17 heteroatoms. The Bertz CT molecular complexity index is 1350. The van der Waals surface area contributed by atoms with E-state index < -0.39 is 38.3 Å². The fourth-order valence-electron chi connectivity index (χ4n) is 3.47. The fraction of sp³-hybridized carbons (Fsp3) is 0.217. The first-order chi connectivity index (χ1) is 18.3. The molecule has 3 aromatic rings. The van der Waals surface area contributed by atoms with Gasteiger partial charge in [0.1, 0.15) is 23.2 Å². The highest BCUT2D eigenvalue weighted by molar-refractivity contribution is 8.13. The molecular formula is C23H19Cl3F6NO4PS2. The molecule has 0 saturated heterocycles. The van der Waals surface area contributed by atoms with E-state index in [2.05, 4.69) is 43.3 Å². The van der Waals surface area contributed by atoms with Gasteiger partial charge in [0, 0.05) is 15.1 Å². The summed E-state index contributed by atoms with van der Waals surface area (Å²) in [5.74, 6) is 0. The summed E-state index contributed by atoms with van der Waals surface area (Å²) in [5.41, 5.74) is -12.4. The van der Waals surface area contributed by atoms with Gasteiger partial charge in [-0.05, 0) is 79.2 Å². The highest BCUT2D eigenvalue weighted by Gasteiger charge is 2.47. The number of hydrogen-bond acceptors (Lipinski definition) is 4. The van der Waals surface area contributed by atoms with Crippen molar-refractivity contribution in [2.75, 3.05) is 6.16 Å². The average molecular weight is 689 g/mol. The van der Waals surface area contributed by atoms with Gasteiger partial charge in [-0.25, -0.2) is 16.8 Å². The number of sulfonamides is 2. The molecule has 5 nitrogen and oxygen atoms in total. The topological polar surface area (TPSA) is 82.4 Å². The monoisotopic (exact) mass is 687 g/mol. The summed E-state index contributed by atoms with van der Waals surface area (Å²) in [4.78, 5) is 0. The molecule has 0 unspecified atom stereocenters. The van der Waals surface area contributed by atoms with Crippen LogP contribution >= 0.6 is 42.1 Å². The van der Waals surface area contributed by atoms with Crippen LogP contribution in [-0.4, -0.2) is 34.0 Å². The zero-order chi connectivity index (χ0) is 30.6. The largest absolute Gasteiger partial charge is 0.480 e. The average Bonchev–Trinajstić information content (AvgIpc) is 2.83. The van der Waals surface area contributed by atoms with E-state index in [1.54, 1.807) is 0 Å². The molecule has 0 radical (unpaired) electrons. The molecule has 0 amide bonds. The second-order valence-electron chi connectivity index (χ2n) is 7.88. The third-order valence-corrected chi connectivity index (χ3v) is 13.3. The SMILES string of the molecule is CCC[P+](c1ccc(Cl)cc1)(c1ccc(Cl)cc1)c1ccc(Cl)cc1.O=S(=O)([N-]S(=O)(=O)C(F)(F)F)C(F)(F)F. The lowest BCUT2D eigenvalue weighted by molar-refractivity contribution is -0.0444. The minimum atomic E-state index is -6.72. The lowest BCUT2D eigenvalue weighted by atomic mass is 10.3. The molecule has 0 heterocycles. The molecular weight excluding hydrogens is 670 g/mol. The van der Waals surface area contributed by atoms with Crippen molar-refractivity contribution in [1.82, 2.24) is 0 Å². The van der Waals surface area contributed by atoms with Gasteiger partial charge in [0.2, 0.25) is 0 Å². The molecule has 40 heavy (non-hydrogen) atoms. The Morgan fingerprint density at radius 1 is 0.600 bits per heavy atom. The summed E-state index contributed by atoms with van der Waals surface area (Å²) in [5, 5.41) is 6.23. The number of rotatable bonds is 7. The zero-order valence-electron chi connectivity index (χ0n) is 20.1. The lowest BCUT2D eigenvalue weighted by Crippen LogP contribution is -2.33. The minimum absolute atomic E-state index is 0.755. The quantitative estimate of drug-likeness (QED) is 0.191. The van der Waals surface area contributed by atoms with Crippen LogP contribution < -0.4 is 15.9 Å². The van der Waals surface area contributed by atoms with Gasteiger partial charge >= 0.3 is 11.0 Å². The lowest BCUT2D eigenvalue weighted by Gasteiger charge is -2.27. The first-order valence-electron chi connectivity index (χ1n) is 10.8. The number of alkyl halides is 6. The summed E-state index contributed by atoms with van der Waals surface area (Å²) in [6.07, 6.45) is 2.17. The first kappa shape index (κ1) is 34.6. The molecule has 3 rings (SSSR count). The fourth-order valence-corrected chi connectivity index (χ4v) is 9.87. The molecule has 3 aromatic carbocycles. The molecule has 0 saturated carbocycles. The predicted molar refractivity (Wildman–Crippen MR) is 149 cm³/mol. The summed E-state index contributed by atoms with van der Waals surface area (Å²) in [7, 11) is -15.2. The van der Waals surface area contributed by atoms with Gasteiger partial charge in [-0.15, -0.1) is 0 Å². The normalized spacial score (nSPS) is 12.9. The molecule has 0 spiro atoms. The van der Waals surface area contributed by atoms with Crippen LogP contribution in [0.2, 0.25) is 15.1 Å². The highest BCUT2D eigenvalue weighted by Crippen LogP contribution is 2.56. The van der Waals surface area contributed by atoms with E-state index in [4.69, 9.17) is 34.8 Å². The summed E-state index contributed by atoms with van der Waals surface area (Å²) in [6, 6.07) is 24.8. The number of benzene rings is 3. The van der Waals surface area contributed by atoms with Gasteiger partial charge in [0.05, 0.1) is 6.16 Å². The van der Waals surface area contributed by atoms with Gasteiger partial charge in [0.25, 0.3) is 0 Å². The Labute approximate surface area is 242 Å². The van der Waals surface area contributed by atoms with Gasteiger partial charge in [-0.2, -0.15) is 26.3 Å². The standard InChI is InChI=1S/C21H19Cl3P.C2F6NO4S2/c1-2-15-25(19-9-3-16(22)4-10-19,20-11-5-17(23)6-12-20)21-13-7-18(24)8-14-21;3-1(4,5)14(10,11)9-15(12,13)2(6,7)8/h3-14H,2,15H2,1H3;/q+1;-1. The van der Waals surface area contributed by atoms with Crippen LogP contribution in [0.25, 0.3) is 4.13 Å². The van der Waals surface area contributed by atoms with Gasteiger partial charge < -0.3 is 4.13 Å². The molecule has 0 fully saturated rings. The van der Waals surface area contributed by atoms with Crippen molar-refractivity contribution >= 4 is 78.0 Å². The second kappa shape index (κ2) is 13.1. The van der Waals surface area contributed by atoms with Crippen LogP contribution in [0, 0.1) is 0 Å². The van der Waals surface area contributed by atoms with Gasteiger partial charge in [0.15, 0.2) is 20.0 Å². The number of hydrogen-bond donors (Lipinski definition) is 0. The van der Waals surface area contributed by atoms with E-state index in [1.165, 1.54) is 15.9 Å². The molecule has 0 bridgehead atoms. The Hall–Kier alpha value is -1.60. The Morgan fingerprint density at radius 3 is 1.05 bits per heavy atom. The van der Waals surface area contributed by atoms with Crippen molar-refractivity contribution in [2.24, 2.45) is 0 Å². The van der Waals surface area contributed by atoms with E-state index in [9.17, 15) is 43.2 Å². The van der Waals surface area contributed by atoms with Gasteiger partial charge in [-0.3, -0.25) is 0 Å². The third kappa shape index (κ3) is 8.24. The molecule has 0 aliphatic heterocycles. The summed E-state index contributed by atoms with van der Waals surface area (Å²) >= 11 is 18.4. The van der Waals surface area contributed by atoms with Crippen LogP contribution in [0.3, 0.4) is 0 Å². The van der Waals surface area contributed by atoms with Crippen molar-refractivity contribution in [2.45, 2.75) is 24.4 Å². The van der Waals surface area contributed by atoms with Crippen molar-refractivity contribution < 1.29 is 43.2 Å². The zero-order valence-corrected chi connectivity index (χ0v) is 24.9. The van der Waals surface area contributed by atoms with Crippen LogP contribution in [0.1, 0.15) is 13.3 Å². The first-order valence-corrected chi connectivity index (χ1v) is 16.8. The van der Waals surface area contributed by atoms with E-state index in [1.807, 2.05) is 36.4 Å². The smallest absolute Gasteiger partial charge is 0.421 e. The van der Waals surface area contributed by atoms with Crippen molar-refractivity contribution in [3.8, 4) is 0 Å². The van der Waals surface area contributed by atoms with Crippen molar-refractivity contribution in [3.63, 3.8) is 0 Å². The highest BCUT2D eigenvalue weighted by atomic mass is 35.5.